The summed E-state index contributed by atoms with van der Waals surface area (Å²) in [6, 6.07) is 13.2. The molecule has 28 heavy (non-hydrogen) atoms. The van der Waals surface area contributed by atoms with Gasteiger partial charge in [-0.15, -0.1) is 0 Å². The molecule has 0 saturated heterocycles. The van der Waals surface area contributed by atoms with Gasteiger partial charge in [-0.3, -0.25) is 9.59 Å². The maximum Gasteiger partial charge on any atom is 0.267 e. The van der Waals surface area contributed by atoms with Crippen molar-refractivity contribution in [2.75, 3.05) is 5.32 Å². The summed E-state index contributed by atoms with van der Waals surface area (Å²) in [6.45, 7) is 3.14. The van der Waals surface area contributed by atoms with Crippen LogP contribution >= 0.6 is 23.2 Å². The van der Waals surface area contributed by atoms with Crippen molar-refractivity contribution < 1.29 is 9.18 Å². The Morgan fingerprint density at radius 3 is 2.36 bits per heavy atom. The molecule has 144 valence electrons. The average molecular weight is 420 g/mol. The van der Waals surface area contributed by atoms with E-state index in [9.17, 15) is 14.0 Å². The maximum atomic E-state index is 13.2. The van der Waals surface area contributed by atoms with E-state index >= 15 is 0 Å². The molecular formula is C20H16Cl2FN3O2. The minimum absolute atomic E-state index is 0.297. The molecule has 0 atom stereocenters. The summed E-state index contributed by atoms with van der Waals surface area (Å²) in [7, 11) is 0. The highest BCUT2D eigenvalue weighted by Gasteiger charge is 2.32. The Morgan fingerprint density at radius 2 is 1.71 bits per heavy atom. The zero-order chi connectivity index (χ0) is 20.5. The number of aromatic nitrogens is 2. The van der Waals surface area contributed by atoms with Crippen molar-refractivity contribution >= 4 is 34.8 Å². The third-order valence-corrected chi connectivity index (χ3v) is 4.94. The number of benzene rings is 2. The Balaban J connectivity index is 1.94. The highest BCUT2D eigenvalue weighted by Crippen LogP contribution is 2.26. The summed E-state index contributed by atoms with van der Waals surface area (Å²) in [5.74, 6) is -0.838. The molecule has 5 nitrogen and oxygen atoms in total. The van der Waals surface area contributed by atoms with Crippen LogP contribution in [0.2, 0.25) is 10.0 Å². The van der Waals surface area contributed by atoms with E-state index in [0.29, 0.717) is 27.0 Å². The Labute approximate surface area is 170 Å². The first kappa shape index (κ1) is 20.0. The number of carbonyl (C=O) groups excluding carboxylic acids is 1. The van der Waals surface area contributed by atoms with E-state index in [0.717, 1.165) is 4.68 Å². The second-order valence-corrected chi connectivity index (χ2v) is 7.43. The number of rotatable bonds is 4. The fourth-order valence-electron chi connectivity index (χ4n) is 2.54. The zero-order valence-corrected chi connectivity index (χ0v) is 16.6. The van der Waals surface area contributed by atoms with Gasteiger partial charge in [0.05, 0.1) is 15.7 Å². The van der Waals surface area contributed by atoms with Crippen LogP contribution in [0.5, 0.6) is 0 Å². The molecule has 3 rings (SSSR count). The largest absolute Gasteiger partial charge is 0.324 e. The fraction of sp³-hybridized carbons (Fsp3) is 0.150. The van der Waals surface area contributed by atoms with Gasteiger partial charge < -0.3 is 5.32 Å². The van der Waals surface area contributed by atoms with E-state index in [1.807, 2.05) is 0 Å². The molecule has 1 N–H and O–H groups in total. The van der Waals surface area contributed by atoms with Gasteiger partial charge in [0.1, 0.15) is 11.4 Å². The maximum absolute atomic E-state index is 13.2. The SMILES string of the molecule is CC(C)(C(=O)Nc1ccc(Cl)c(Cl)c1)n1nc(-c2ccc(F)cc2)ccc1=O. The molecule has 0 aliphatic carbocycles. The molecule has 0 aliphatic heterocycles. The zero-order valence-electron chi connectivity index (χ0n) is 15.0. The number of nitrogens with zero attached hydrogens (tertiary/aromatic N) is 2. The van der Waals surface area contributed by atoms with E-state index < -0.39 is 17.0 Å². The van der Waals surface area contributed by atoms with Crippen molar-refractivity contribution in [2.45, 2.75) is 19.4 Å². The second kappa shape index (κ2) is 7.73. The van der Waals surface area contributed by atoms with Crippen LogP contribution in [0.4, 0.5) is 10.1 Å². The number of carbonyl (C=O) groups is 1. The molecule has 0 bridgehead atoms. The van der Waals surface area contributed by atoms with Crippen LogP contribution in [-0.2, 0) is 10.3 Å². The quantitative estimate of drug-likeness (QED) is 0.664. The van der Waals surface area contributed by atoms with E-state index in [2.05, 4.69) is 10.4 Å². The molecule has 3 aromatic rings. The van der Waals surface area contributed by atoms with Gasteiger partial charge in [0, 0.05) is 17.3 Å². The lowest BCUT2D eigenvalue weighted by atomic mass is 10.0. The minimum atomic E-state index is -1.31. The van der Waals surface area contributed by atoms with Crippen LogP contribution in [0.15, 0.2) is 59.4 Å². The smallest absolute Gasteiger partial charge is 0.267 e. The molecule has 1 amide bonds. The number of anilines is 1. The monoisotopic (exact) mass is 419 g/mol. The Bertz CT molecular complexity index is 1100. The average Bonchev–Trinajstić information content (AvgIpc) is 2.65. The summed E-state index contributed by atoms with van der Waals surface area (Å²) >= 11 is 11.9. The van der Waals surface area contributed by atoms with Crippen molar-refractivity contribution in [2.24, 2.45) is 0 Å². The first-order valence-corrected chi connectivity index (χ1v) is 9.07. The Morgan fingerprint density at radius 1 is 1.04 bits per heavy atom. The molecule has 0 unspecified atom stereocenters. The lowest BCUT2D eigenvalue weighted by Crippen LogP contribution is -2.47. The van der Waals surface area contributed by atoms with Gasteiger partial charge in [-0.25, -0.2) is 9.07 Å². The summed E-state index contributed by atoms with van der Waals surface area (Å²) in [5, 5.41) is 7.69. The molecule has 8 heteroatoms. The van der Waals surface area contributed by atoms with Gasteiger partial charge >= 0.3 is 0 Å². The third kappa shape index (κ3) is 4.08. The van der Waals surface area contributed by atoms with Gasteiger partial charge in [-0.2, -0.15) is 5.10 Å². The van der Waals surface area contributed by atoms with E-state index in [1.165, 1.54) is 30.3 Å². The molecule has 0 spiro atoms. The van der Waals surface area contributed by atoms with Crippen LogP contribution in [-0.4, -0.2) is 15.7 Å². The Hall–Kier alpha value is -2.70. The topological polar surface area (TPSA) is 64.0 Å². The Kier molecular flexibility index (Phi) is 5.54. The third-order valence-electron chi connectivity index (χ3n) is 4.20. The van der Waals surface area contributed by atoms with Crippen LogP contribution in [0.25, 0.3) is 11.3 Å². The van der Waals surface area contributed by atoms with E-state index in [4.69, 9.17) is 23.2 Å². The second-order valence-electron chi connectivity index (χ2n) is 6.62. The lowest BCUT2D eigenvalue weighted by Gasteiger charge is -2.25. The molecule has 0 fully saturated rings. The van der Waals surface area contributed by atoms with Crippen LogP contribution in [0, 0.1) is 5.82 Å². The van der Waals surface area contributed by atoms with Crippen molar-refractivity contribution in [1.29, 1.82) is 0 Å². The normalized spacial score (nSPS) is 11.3. The fourth-order valence-corrected chi connectivity index (χ4v) is 2.84. The highest BCUT2D eigenvalue weighted by molar-refractivity contribution is 6.42. The van der Waals surface area contributed by atoms with Crippen molar-refractivity contribution in [3.05, 3.63) is 80.8 Å². The molecule has 0 saturated carbocycles. The van der Waals surface area contributed by atoms with Gasteiger partial charge in [-0.05, 0) is 62.4 Å². The molecular weight excluding hydrogens is 404 g/mol. The standard InChI is InChI=1S/C20H16Cl2FN3O2/c1-20(2,19(28)24-14-7-8-15(21)16(22)11-14)26-18(27)10-9-17(25-26)12-3-5-13(23)6-4-12/h3-11H,1-2H3,(H,24,28). The molecule has 2 aromatic carbocycles. The van der Waals surface area contributed by atoms with E-state index in [-0.39, 0.29) is 5.82 Å². The number of hydrogen-bond donors (Lipinski definition) is 1. The summed E-state index contributed by atoms with van der Waals surface area (Å²) < 4.78 is 14.3. The number of hydrogen-bond acceptors (Lipinski definition) is 3. The van der Waals surface area contributed by atoms with Gasteiger partial charge in [0.15, 0.2) is 0 Å². The number of halogens is 3. The molecule has 1 aromatic heterocycles. The molecule has 1 heterocycles. The molecule has 0 aliphatic rings. The number of amides is 1. The van der Waals surface area contributed by atoms with Gasteiger partial charge in [-0.1, -0.05) is 23.2 Å². The summed E-state index contributed by atoms with van der Waals surface area (Å²) in [6.07, 6.45) is 0. The summed E-state index contributed by atoms with van der Waals surface area (Å²) in [5.41, 5.74) is -0.250. The first-order valence-electron chi connectivity index (χ1n) is 8.32. The van der Waals surface area contributed by atoms with E-state index in [1.54, 1.807) is 38.1 Å². The van der Waals surface area contributed by atoms with Crippen molar-refractivity contribution in [1.82, 2.24) is 9.78 Å². The van der Waals surface area contributed by atoms with Crippen LogP contribution in [0.3, 0.4) is 0 Å². The number of nitrogens with one attached hydrogen (secondary N) is 1. The predicted molar refractivity (Wildman–Crippen MR) is 108 cm³/mol. The van der Waals surface area contributed by atoms with Gasteiger partial charge in [0.2, 0.25) is 0 Å². The van der Waals surface area contributed by atoms with Crippen molar-refractivity contribution in [3.8, 4) is 11.3 Å². The predicted octanol–water partition coefficient (Wildman–Crippen LogP) is 4.73. The van der Waals surface area contributed by atoms with Crippen molar-refractivity contribution in [3.63, 3.8) is 0 Å². The van der Waals surface area contributed by atoms with Gasteiger partial charge in [0.25, 0.3) is 11.5 Å². The van der Waals surface area contributed by atoms with Crippen LogP contribution < -0.4 is 10.9 Å². The minimum Gasteiger partial charge on any atom is -0.324 e. The lowest BCUT2D eigenvalue weighted by molar-refractivity contribution is -0.123. The molecule has 0 radical (unpaired) electrons. The summed E-state index contributed by atoms with van der Waals surface area (Å²) in [4.78, 5) is 25.2. The highest BCUT2D eigenvalue weighted by atomic mass is 35.5. The van der Waals surface area contributed by atoms with Crippen LogP contribution in [0.1, 0.15) is 13.8 Å². The first-order chi connectivity index (χ1) is 13.2.